The Bertz CT molecular complexity index is 1070. The number of esters is 1. The number of benzene rings is 2. The van der Waals surface area contributed by atoms with Gasteiger partial charge < -0.3 is 25.2 Å². The van der Waals surface area contributed by atoms with Gasteiger partial charge in [-0.1, -0.05) is 54.6 Å². The van der Waals surface area contributed by atoms with Gasteiger partial charge in [-0.25, -0.2) is 0 Å². The highest BCUT2D eigenvalue weighted by molar-refractivity contribution is 5.86. The molecule has 0 spiro atoms. The maximum Gasteiger partial charge on any atom is 0.305 e. The van der Waals surface area contributed by atoms with Crippen LogP contribution in [0.4, 0.5) is 0 Å². The third-order valence-electron chi connectivity index (χ3n) is 6.17. The molecule has 8 heteroatoms. The zero-order chi connectivity index (χ0) is 29.2. The van der Waals surface area contributed by atoms with Crippen LogP contribution in [0.3, 0.4) is 0 Å². The molecule has 0 aliphatic rings. The minimum Gasteiger partial charge on any atom is -0.489 e. The largest absolute Gasteiger partial charge is 0.489 e. The van der Waals surface area contributed by atoms with Gasteiger partial charge in [-0.2, -0.15) is 0 Å². The standard InChI is InChI=1S/C32H42N2O6/c1-4-6-8-14-31(37)40-23-28(34-32(38)27(11-5-2)20-30(36)33-24(3)21-35)19-25-15-17-29(18-16-25)39-22-26-12-9-7-10-13-26/h4-5,7,9-10,12-13,15-18,24,27-28,35H,1-2,6,8,11,14,19-23H2,3H3,(H,33,36)(H,34,38). The van der Waals surface area contributed by atoms with E-state index >= 15 is 0 Å². The number of amides is 2. The van der Waals surface area contributed by atoms with E-state index in [2.05, 4.69) is 23.8 Å². The first-order valence-electron chi connectivity index (χ1n) is 13.7. The molecular formula is C32H42N2O6. The molecule has 2 amide bonds. The molecule has 0 radical (unpaired) electrons. The van der Waals surface area contributed by atoms with Crippen molar-refractivity contribution in [3.05, 3.63) is 91.0 Å². The first-order valence-corrected chi connectivity index (χ1v) is 13.7. The third kappa shape index (κ3) is 12.8. The predicted molar refractivity (Wildman–Crippen MR) is 155 cm³/mol. The second kappa shape index (κ2) is 18.4. The van der Waals surface area contributed by atoms with Crippen molar-refractivity contribution in [2.24, 2.45) is 5.92 Å². The summed E-state index contributed by atoms with van der Waals surface area (Å²) >= 11 is 0. The van der Waals surface area contributed by atoms with Gasteiger partial charge in [-0.05, 0) is 55.9 Å². The van der Waals surface area contributed by atoms with Gasteiger partial charge in [-0.15, -0.1) is 13.2 Å². The van der Waals surface area contributed by atoms with E-state index in [1.807, 2.05) is 54.6 Å². The fraction of sp³-hybridized carbons (Fsp3) is 0.406. The molecule has 8 nitrogen and oxygen atoms in total. The van der Waals surface area contributed by atoms with Gasteiger partial charge in [-0.3, -0.25) is 14.4 Å². The van der Waals surface area contributed by atoms with Crippen LogP contribution in [-0.2, 0) is 32.1 Å². The van der Waals surface area contributed by atoms with Crippen LogP contribution in [0.5, 0.6) is 5.75 Å². The van der Waals surface area contributed by atoms with Crippen LogP contribution in [0.15, 0.2) is 79.9 Å². The van der Waals surface area contributed by atoms with Crippen LogP contribution in [0.25, 0.3) is 0 Å². The van der Waals surface area contributed by atoms with E-state index in [0.717, 1.165) is 16.9 Å². The molecule has 3 N–H and O–H groups in total. The van der Waals surface area contributed by atoms with Crippen molar-refractivity contribution in [3.63, 3.8) is 0 Å². The number of nitrogens with one attached hydrogen (secondary N) is 2. The number of carbonyl (C=O) groups is 3. The number of rotatable bonds is 19. The van der Waals surface area contributed by atoms with E-state index in [9.17, 15) is 19.5 Å². The van der Waals surface area contributed by atoms with Gasteiger partial charge in [0.05, 0.1) is 18.6 Å². The first kappa shape index (κ1) is 32.3. The van der Waals surface area contributed by atoms with Crippen molar-refractivity contribution in [1.82, 2.24) is 10.6 Å². The van der Waals surface area contributed by atoms with E-state index < -0.39 is 18.0 Å². The number of aliphatic hydroxyl groups is 1. The smallest absolute Gasteiger partial charge is 0.305 e. The Morgan fingerprint density at radius 2 is 1.70 bits per heavy atom. The number of ether oxygens (including phenoxy) is 2. The molecule has 0 aliphatic carbocycles. The van der Waals surface area contributed by atoms with Crippen LogP contribution < -0.4 is 15.4 Å². The molecule has 2 aromatic rings. The average molecular weight is 551 g/mol. The van der Waals surface area contributed by atoms with Crippen molar-refractivity contribution < 1.29 is 29.0 Å². The van der Waals surface area contributed by atoms with Crippen molar-refractivity contribution in [3.8, 4) is 5.75 Å². The maximum atomic E-state index is 13.2. The van der Waals surface area contributed by atoms with Gasteiger partial charge in [0.1, 0.15) is 19.0 Å². The molecule has 2 aromatic carbocycles. The van der Waals surface area contributed by atoms with Crippen molar-refractivity contribution in [2.45, 2.75) is 64.1 Å². The van der Waals surface area contributed by atoms with E-state index in [4.69, 9.17) is 9.47 Å². The van der Waals surface area contributed by atoms with Crippen LogP contribution in [0.1, 0.15) is 50.2 Å². The number of allylic oxidation sites excluding steroid dienone is 2. The molecule has 0 heterocycles. The molecule has 0 aromatic heterocycles. The summed E-state index contributed by atoms with van der Waals surface area (Å²) in [6, 6.07) is 16.5. The predicted octanol–water partition coefficient (Wildman–Crippen LogP) is 4.27. The van der Waals surface area contributed by atoms with Crippen LogP contribution >= 0.6 is 0 Å². The summed E-state index contributed by atoms with van der Waals surface area (Å²) in [7, 11) is 0. The summed E-state index contributed by atoms with van der Waals surface area (Å²) in [5.74, 6) is -0.938. The summed E-state index contributed by atoms with van der Waals surface area (Å²) in [5, 5.41) is 14.8. The van der Waals surface area contributed by atoms with Gasteiger partial charge in [0.15, 0.2) is 0 Å². The Labute approximate surface area is 237 Å². The highest BCUT2D eigenvalue weighted by Crippen LogP contribution is 2.17. The van der Waals surface area contributed by atoms with E-state index in [1.165, 1.54) is 0 Å². The Balaban J connectivity index is 2.05. The van der Waals surface area contributed by atoms with E-state index in [0.29, 0.717) is 32.3 Å². The Morgan fingerprint density at radius 3 is 2.35 bits per heavy atom. The molecule has 216 valence electrons. The molecule has 2 rings (SSSR count). The highest BCUT2D eigenvalue weighted by atomic mass is 16.5. The Morgan fingerprint density at radius 1 is 0.975 bits per heavy atom. The van der Waals surface area contributed by atoms with Gasteiger partial charge in [0.2, 0.25) is 11.8 Å². The number of hydrogen-bond acceptors (Lipinski definition) is 6. The third-order valence-corrected chi connectivity index (χ3v) is 6.17. The van der Waals surface area contributed by atoms with Gasteiger partial charge >= 0.3 is 5.97 Å². The summed E-state index contributed by atoms with van der Waals surface area (Å²) in [6.45, 7) is 9.31. The minimum atomic E-state index is -0.650. The molecule has 0 saturated heterocycles. The molecule has 3 unspecified atom stereocenters. The molecule has 0 saturated carbocycles. The topological polar surface area (TPSA) is 114 Å². The average Bonchev–Trinajstić information content (AvgIpc) is 2.95. The van der Waals surface area contributed by atoms with Crippen LogP contribution in [0, 0.1) is 5.92 Å². The molecule has 0 bridgehead atoms. The number of unbranched alkanes of at least 4 members (excludes halogenated alkanes) is 1. The zero-order valence-corrected chi connectivity index (χ0v) is 23.3. The van der Waals surface area contributed by atoms with Crippen LogP contribution in [-0.4, -0.2) is 48.2 Å². The normalized spacial score (nSPS) is 12.8. The van der Waals surface area contributed by atoms with Crippen LogP contribution in [0.2, 0.25) is 0 Å². The van der Waals surface area contributed by atoms with Gasteiger partial charge in [0, 0.05) is 18.9 Å². The first-order chi connectivity index (χ1) is 19.3. The molecule has 3 atom stereocenters. The number of aliphatic hydroxyl groups excluding tert-OH is 1. The molecule has 40 heavy (non-hydrogen) atoms. The SMILES string of the molecule is C=CCCCC(=O)OCC(Cc1ccc(OCc2ccccc2)cc1)NC(=O)C(CC=C)CC(=O)NC(C)CO. The molecular weight excluding hydrogens is 508 g/mol. The lowest BCUT2D eigenvalue weighted by atomic mass is 9.98. The van der Waals surface area contributed by atoms with Gasteiger partial charge in [0.25, 0.3) is 0 Å². The highest BCUT2D eigenvalue weighted by Gasteiger charge is 2.25. The molecule has 0 fully saturated rings. The van der Waals surface area contributed by atoms with E-state index in [1.54, 1.807) is 19.1 Å². The second-order valence-electron chi connectivity index (χ2n) is 9.77. The number of hydrogen-bond donors (Lipinski definition) is 3. The lowest BCUT2D eigenvalue weighted by Gasteiger charge is -2.23. The zero-order valence-electron chi connectivity index (χ0n) is 23.3. The Kier molecular flexibility index (Phi) is 14.9. The maximum absolute atomic E-state index is 13.2. The second-order valence-corrected chi connectivity index (χ2v) is 9.77. The quantitative estimate of drug-likeness (QED) is 0.137. The summed E-state index contributed by atoms with van der Waals surface area (Å²) < 4.78 is 11.3. The lowest BCUT2D eigenvalue weighted by molar-refractivity contribution is -0.145. The summed E-state index contributed by atoms with van der Waals surface area (Å²) in [5.41, 5.74) is 1.99. The number of carbonyl (C=O) groups excluding carboxylic acids is 3. The minimum absolute atomic E-state index is 0.000522. The van der Waals surface area contributed by atoms with Crippen molar-refractivity contribution in [1.29, 1.82) is 0 Å². The van der Waals surface area contributed by atoms with Crippen molar-refractivity contribution >= 4 is 17.8 Å². The summed E-state index contributed by atoms with van der Waals surface area (Å²) in [4.78, 5) is 37.8. The monoisotopic (exact) mass is 550 g/mol. The summed E-state index contributed by atoms with van der Waals surface area (Å²) in [6.07, 6.45) is 5.64. The molecule has 0 aliphatic heterocycles. The fourth-order valence-corrected chi connectivity index (χ4v) is 3.96. The van der Waals surface area contributed by atoms with E-state index in [-0.39, 0.29) is 43.8 Å². The Hall–Kier alpha value is -3.91. The fourth-order valence-electron chi connectivity index (χ4n) is 3.96. The van der Waals surface area contributed by atoms with Crippen molar-refractivity contribution in [2.75, 3.05) is 13.2 Å². The lowest BCUT2D eigenvalue weighted by Crippen LogP contribution is -2.45.